The van der Waals surface area contributed by atoms with E-state index in [1.807, 2.05) is 0 Å². The summed E-state index contributed by atoms with van der Waals surface area (Å²) in [6.45, 7) is 8.64. The van der Waals surface area contributed by atoms with Gasteiger partial charge in [0.05, 0.1) is 5.41 Å². The third kappa shape index (κ3) is 5.35. The summed E-state index contributed by atoms with van der Waals surface area (Å²) >= 11 is 0. The molecule has 80 valence electrons. The van der Waals surface area contributed by atoms with Crippen LogP contribution in [0, 0.1) is 5.41 Å². The van der Waals surface area contributed by atoms with Crippen LogP contribution in [0.25, 0.3) is 0 Å². The maximum atomic E-state index is 11.2. The normalized spacial score (nSPS) is 10.5. The summed E-state index contributed by atoms with van der Waals surface area (Å²) in [7, 11) is 0. The highest BCUT2D eigenvalue weighted by Gasteiger charge is 2.22. The highest BCUT2D eigenvalue weighted by atomic mass is 16.6. The first-order valence-corrected chi connectivity index (χ1v) is 4.34. The first-order chi connectivity index (χ1) is 6.38. The van der Waals surface area contributed by atoms with Gasteiger partial charge in [-0.05, 0) is 20.8 Å². The SMILES string of the molecule is C=CC(=O)OCCOC(=O)C(C)(C)C. The molecule has 0 radical (unpaired) electrons. The maximum Gasteiger partial charge on any atom is 0.330 e. The summed E-state index contributed by atoms with van der Waals surface area (Å²) in [5, 5.41) is 0. The Hall–Kier alpha value is -1.32. The lowest BCUT2D eigenvalue weighted by atomic mass is 9.97. The molecule has 0 atom stereocenters. The standard InChI is InChI=1S/C10H16O4/c1-5-8(11)13-6-7-14-9(12)10(2,3)4/h5H,1,6-7H2,2-4H3. The van der Waals surface area contributed by atoms with Crippen LogP contribution in [-0.2, 0) is 19.1 Å². The van der Waals surface area contributed by atoms with Crippen molar-refractivity contribution in [3.63, 3.8) is 0 Å². The minimum absolute atomic E-state index is 0.0622. The van der Waals surface area contributed by atoms with Crippen molar-refractivity contribution in [3.05, 3.63) is 12.7 Å². The van der Waals surface area contributed by atoms with Gasteiger partial charge in [0.15, 0.2) is 0 Å². The van der Waals surface area contributed by atoms with Crippen molar-refractivity contribution >= 4 is 11.9 Å². The number of carbonyl (C=O) groups is 2. The molecule has 4 heteroatoms. The van der Waals surface area contributed by atoms with Crippen LogP contribution in [0.5, 0.6) is 0 Å². The van der Waals surface area contributed by atoms with E-state index in [0.29, 0.717) is 0 Å². The molecule has 4 nitrogen and oxygen atoms in total. The molecule has 0 aromatic heterocycles. The zero-order chi connectivity index (χ0) is 11.2. The second-order valence-electron chi connectivity index (χ2n) is 3.76. The summed E-state index contributed by atoms with van der Waals surface area (Å²) in [4.78, 5) is 21.8. The van der Waals surface area contributed by atoms with Crippen molar-refractivity contribution in [2.24, 2.45) is 5.41 Å². The minimum Gasteiger partial charge on any atom is -0.462 e. The lowest BCUT2D eigenvalue weighted by Gasteiger charge is -2.16. The van der Waals surface area contributed by atoms with Crippen molar-refractivity contribution in [1.82, 2.24) is 0 Å². The Bertz CT molecular complexity index is 225. The molecule has 0 saturated carbocycles. The molecule has 0 bridgehead atoms. The molecule has 0 aliphatic heterocycles. The zero-order valence-corrected chi connectivity index (χ0v) is 8.83. The van der Waals surface area contributed by atoms with Gasteiger partial charge >= 0.3 is 11.9 Å². The van der Waals surface area contributed by atoms with E-state index in [4.69, 9.17) is 4.74 Å². The lowest BCUT2D eigenvalue weighted by molar-refractivity contribution is -0.156. The fourth-order valence-corrected chi connectivity index (χ4v) is 0.552. The number of carbonyl (C=O) groups excluding carboxylic acids is 2. The molecule has 0 unspecified atom stereocenters. The minimum atomic E-state index is -0.525. The number of rotatable bonds is 4. The van der Waals surface area contributed by atoms with Crippen LogP contribution in [0.15, 0.2) is 12.7 Å². The Labute approximate surface area is 83.9 Å². The second kappa shape index (κ2) is 5.42. The number of ether oxygens (including phenoxy) is 2. The molecule has 0 spiro atoms. The first-order valence-electron chi connectivity index (χ1n) is 4.34. The van der Waals surface area contributed by atoms with Gasteiger partial charge in [-0.25, -0.2) is 4.79 Å². The summed E-state index contributed by atoms with van der Waals surface area (Å²) in [6.07, 6.45) is 1.06. The average Bonchev–Trinajstić information content (AvgIpc) is 2.09. The molecule has 0 rings (SSSR count). The van der Waals surface area contributed by atoms with Crippen molar-refractivity contribution in [2.45, 2.75) is 20.8 Å². The molecule has 0 aromatic carbocycles. The molecule has 0 aliphatic rings. The van der Waals surface area contributed by atoms with Crippen LogP contribution in [0.4, 0.5) is 0 Å². The predicted molar refractivity (Wildman–Crippen MR) is 51.6 cm³/mol. The quantitative estimate of drug-likeness (QED) is 0.390. The van der Waals surface area contributed by atoms with Gasteiger partial charge in [0.2, 0.25) is 0 Å². The van der Waals surface area contributed by atoms with E-state index >= 15 is 0 Å². The van der Waals surface area contributed by atoms with Gasteiger partial charge in [-0.2, -0.15) is 0 Å². The van der Waals surface area contributed by atoms with Gasteiger partial charge in [0, 0.05) is 6.08 Å². The smallest absolute Gasteiger partial charge is 0.330 e. The van der Waals surface area contributed by atoms with Crippen molar-refractivity contribution in [2.75, 3.05) is 13.2 Å². The molecule has 0 N–H and O–H groups in total. The predicted octanol–water partition coefficient (Wildman–Crippen LogP) is 1.30. The fraction of sp³-hybridized carbons (Fsp3) is 0.600. The van der Waals surface area contributed by atoms with E-state index in [9.17, 15) is 9.59 Å². The Morgan fingerprint density at radius 1 is 1.21 bits per heavy atom. The molecule has 0 amide bonds. The van der Waals surface area contributed by atoms with Crippen molar-refractivity contribution in [3.8, 4) is 0 Å². The van der Waals surface area contributed by atoms with Crippen LogP contribution in [0.1, 0.15) is 20.8 Å². The molecule has 14 heavy (non-hydrogen) atoms. The monoisotopic (exact) mass is 200 g/mol. The Morgan fingerprint density at radius 3 is 2.14 bits per heavy atom. The van der Waals surface area contributed by atoms with Crippen LogP contribution in [0.3, 0.4) is 0 Å². The van der Waals surface area contributed by atoms with Crippen molar-refractivity contribution in [1.29, 1.82) is 0 Å². The topological polar surface area (TPSA) is 52.6 Å². The Balaban J connectivity index is 3.61. The molecule has 0 fully saturated rings. The van der Waals surface area contributed by atoms with E-state index < -0.39 is 11.4 Å². The third-order valence-electron chi connectivity index (χ3n) is 1.34. The molecule has 0 saturated heterocycles. The van der Waals surface area contributed by atoms with Crippen molar-refractivity contribution < 1.29 is 19.1 Å². The van der Waals surface area contributed by atoms with Crippen LogP contribution < -0.4 is 0 Å². The van der Waals surface area contributed by atoms with Gasteiger partial charge < -0.3 is 9.47 Å². The zero-order valence-electron chi connectivity index (χ0n) is 8.83. The van der Waals surface area contributed by atoms with Crippen LogP contribution in [0.2, 0.25) is 0 Å². The fourth-order valence-electron chi connectivity index (χ4n) is 0.552. The highest BCUT2D eigenvalue weighted by Crippen LogP contribution is 2.14. The van der Waals surface area contributed by atoms with E-state index in [0.717, 1.165) is 6.08 Å². The first kappa shape index (κ1) is 12.7. The molecule has 0 aromatic rings. The number of hydrogen-bond acceptors (Lipinski definition) is 4. The van der Waals surface area contributed by atoms with E-state index in [-0.39, 0.29) is 19.2 Å². The maximum absolute atomic E-state index is 11.2. The summed E-state index contributed by atoms with van der Waals surface area (Å²) in [6, 6.07) is 0. The summed E-state index contributed by atoms with van der Waals surface area (Å²) in [5.74, 6) is -0.830. The number of hydrogen-bond donors (Lipinski definition) is 0. The summed E-state index contributed by atoms with van der Waals surface area (Å²) in [5.41, 5.74) is -0.525. The molecular formula is C10H16O4. The third-order valence-corrected chi connectivity index (χ3v) is 1.34. The molecular weight excluding hydrogens is 184 g/mol. The van der Waals surface area contributed by atoms with Gasteiger partial charge in [-0.3, -0.25) is 4.79 Å². The molecule has 0 heterocycles. The largest absolute Gasteiger partial charge is 0.462 e. The number of esters is 2. The Kier molecular flexibility index (Phi) is 4.91. The molecule has 0 aliphatic carbocycles. The van der Waals surface area contributed by atoms with Gasteiger partial charge in [0.25, 0.3) is 0 Å². The highest BCUT2D eigenvalue weighted by molar-refractivity contribution is 5.81. The Morgan fingerprint density at radius 2 is 1.71 bits per heavy atom. The van der Waals surface area contributed by atoms with Crippen LogP contribution in [-0.4, -0.2) is 25.2 Å². The van der Waals surface area contributed by atoms with E-state index in [1.54, 1.807) is 20.8 Å². The van der Waals surface area contributed by atoms with Gasteiger partial charge in [-0.15, -0.1) is 0 Å². The van der Waals surface area contributed by atoms with Crippen LogP contribution >= 0.6 is 0 Å². The van der Waals surface area contributed by atoms with Gasteiger partial charge in [0.1, 0.15) is 13.2 Å². The average molecular weight is 200 g/mol. The lowest BCUT2D eigenvalue weighted by Crippen LogP contribution is -2.24. The van der Waals surface area contributed by atoms with Gasteiger partial charge in [-0.1, -0.05) is 6.58 Å². The summed E-state index contributed by atoms with van der Waals surface area (Å²) < 4.78 is 9.47. The van der Waals surface area contributed by atoms with E-state index in [1.165, 1.54) is 0 Å². The van der Waals surface area contributed by atoms with E-state index in [2.05, 4.69) is 11.3 Å². The second-order valence-corrected chi connectivity index (χ2v) is 3.76.